The van der Waals surface area contributed by atoms with Crippen LogP contribution in [0.4, 0.5) is 0 Å². The third-order valence-corrected chi connectivity index (χ3v) is 8.82. The molecule has 0 aliphatic carbocycles. The van der Waals surface area contributed by atoms with Crippen molar-refractivity contribution in [2.75, 3.05) is 32.0 Å². The Balaban J connectivity index is 2.10. The molecule has 1 aromatic carbocycles. The van der Waals surface area contributed by atoms with Gasteiger partial charge in [-0.25, -0.2) is 0 Å². The van der Waals surface area contributed by atoms with Crippen LogP contribution in [-0.2, 0) is 4.57 Å². The number of benzene rings is 1. The zero-order valence-electron chi connectivity index (χ0n) is 13.6. The molecule has 1 saturated heterocycles. The van der Waals surface area contributed by atoms with E-state index in [1.54, 1.807) is 0 Å². The molecule has 0 amide bonds. The van der Waals surface area contributed by atoms with Crippen molar-refractivity contribution in [3.63, 3.8) is 0 Å². The first-order chi connectivity index (χ1) is 10.2. The van der Waals surface area contributed by atoms with Crippen molar-refractivity contribution in [1.29, 1.82) is 0 Å². The van der Waals surface area contributed by atoms with Crippen molar-refractivity contribution in [1.82, 2.24) is 4.90 Å². The fourth-order valence-electron chi connectivity index (χ4n) is 3.50. The Kier molecular flexibility index (Phi) is 6.51. The summed E-state index contributed by atoms with van der Waals surface area (Å²) in [6.45, 7) is 7.75. The van der Waals surface area contributed by atoms with Crippen molar-refractivity contribution in [3.05, 3.63) is 35.9 Å². The van der Waals surface area contributed by atoms with Gasteiger partial charge in [-0.15, -0.1) is 0 Å². The van der Waals surface area contributed by atoms with E-state index in [1.165, 1.54) is 37.9 Å². The standard InChI is InChI=1S/C18H30NOP/c1-3-21(20,4-2)18(17-11-7-5-8-12-17)13-16-19-14-9-6-10-15-19/h5,7-8,11-12,18H,3-4,6,9-10,13-16H2,1-2H3. The molecule has 2 nitrogen and oxygen atoms in total. The third kappa shape index (κ3) is 4.44. The SMILES string of the molecule is CCP(=O)(CC)C(CCN1CCCCC1)c1ccccc1. The van der Waals surface area contributed by atoms with Gasteiger partial charge in [-0.1, -0.05) is 50.6 Å². The van der Waals surface area contributed by atoms with E-state index in [1.807, 2.05) is 6.07 Å². The fourth-order valence-corrected chi connectivity index (χ4v) is 6.13. The number of nitrogens with zero attached hydrogens (tertiary/aromatic N) is 1. The second kappa shape index (κ2) is 8.15. The summed E-state index contributed by atoms with van der Waals surface area (Å²) in [7, 11) is -2.11. The smallest absolute Gasteiger partial charge is 0.0943 e. The molecule has 1 aliphatic heterocycles. The Labute approximate surface area is 130 Å². The van der Waals surface area contributed by atoms with E-state index in [9.17, 15) is 4.57 Å². The molecule has 0 saturated carbocycles. The van der Waals surface area contributed by atoms with Crippen LogP contribution < -0.4 is 0 Å². The summed E-state index contributed by atoms with van der Waals surface area (Å²) in [6, 6.07) is 10.5. The Morgan fingerprint density at radius 3 is 2.24 bits per heavy atom. The lowest BCUT2D eigenvalue weighted by molar-refractivity contribution is 0.225. The van der Waals surface area contributed by atoms with E-state index in [0.717, 1.165) is 25.3 Å². The number of hydrogen-bond donors (Lipinski definition) is 0. The summed E-state index contributed by atoms with van der Waals surface area (Å²) in [6.07, 6.45) is 6.72. The van der Waals surface area contributed by atoms with Gasteiger partial charge in [0.15, 0.2) is 0 Å². The highest BCUT2D eigenvalue weighted by atomic mass is 31.2. The van der Waals surface area contributed by atoms with Crippen LogP contribution in [-0.4, -0.2) is 36.9 Å². The maximum Gasteiger partial charge on any atom is 0.0943 e. The Bertz CT molecular complexity index is 446. The molecule has 1 aliphatic rings. The van der Waals surface area contributed by atoms with Crippen molar-refractivity contribution in [2.24, 2.45) is 0 Å². The molecule has 0 N–H and O–H groups in total. The zero-order chi connectivity index (χ0) is 15.1. The summed E-state index contributed by atoms with van der Waals surface area (Å²) >= 11 is 0. The van der Waals surface area contributed by atoms with Crippen LogP contribution >= 0.6 is 7.14 Å². The van der Waals surface area contributed by atoms with Crippen LogP contribution in [0.2, 0.25) is 0 Å². The van der Waals surface area contributed by atoms with Crippen molar-refractivity contribution >= 4 is 7.14 Å². The number of rotatable bonds is 7. The van der Waals surface area contributed by atoms with Gasteiger partial charge in [-0.3, -0.25) is 0 Å². The van der Waals surface area contributed by atoms with Crippen LogP contribution in [0.1, 0.15) is 50.8 Å². The van der Waals surface area contributed by atoms with E-state index >= 15 is 0 Å². The molecular weight excluding hydrogens is 277 g/mol. The van der Waals surface area contributed by atoms with Gasteiger partial charge < -0.3 is 9.46 Å². The molecule has 118 valence electrons. The van der Waals surface area contributed by atoms with Gasteiger partial charge in [-0.05, 0) is 56.8 Å². The van der Waals surface area contributed by atoms with Gasteiger partial charge >= 0.3 is 0 Å². The predicted molar refractivity (Wildman–Crippen MR) is 92.8 cm³/mol. The predicted octanol–water partition coefficient (Wildman–Crippen LogP) is 5.01. The molecule has 2 rings (SSSR count). The van der Waals surface area contributed by atoms with E-state index in [2.05, 4.69) is 43.0 Å². The largest absolute Gasteiger partial charge is 0.323 e. The van der Waals surface area contributed by atoms with Gasteiger partial charge in [0.1, 0.15) is 0 Å². The molecule has 0 radical (unpaired) electrons. The lowest BCUT2D eigenvalue weighted by Gasteiger charge is -2.31. The average molecular weight is 307 g/mol. The summed E-state index contributed by atoms with van der Waals surface area (Å²) < 4.78 is 13.3. The monoisotopic (exact) mass is 307 g/mol. The number of likely N-dealkylation sites (tertiary alicyclic amines) is 1. The lowest BCUT2D eigenvalue weighted by Crippen LogP contribution is -2.31. The third-order valence-electron chi connectivity index (χ3n) is 4.99. The van der Waals surface area contributed by atoms with E-state index in [0.29, 0.717) is 0 Å². The van der Waals surface area contributed by atoms with Gasteiger partial charge in [-0.2, -0.15) is 0 Å². The van der Waals surface area contributed by atoms with Crippen LogP contribution in [0, 0.1) is 0 Å². The minimum atomic E-state index is -2.11. The first kappa shape index (κ1) is 16.8. The van der Waals surface area contributed by atoms with E-state index in [-0.39, 0.29) is 5.66 Å². The summed E-state index contributed by atoms with van der Waals surface area (Å²) in [4.78, 5) is 2.56. The maximum absolute atomic E-state index is 13.3. The highest BCUT2D eigenvalue weighted by Gasteiger charge is 2.31. The first-order valence-corrected chi connectivity index (χ1v) is 10.7. The van der Waals surface area contributed by atoms with Gasteiger partial charge in [0.05, 0.1) is 7.14 Å². The molecule has 0 bridgehead atoms. The van der Waals surface area contributed by atoms with Crippen molar-refractivity contribution in [2.45, 2.75) is 45.2 Å². The number of piperidine rings is 1. The van der Waals surface area contributed by atoms with Crippen LogP contribution in [0.5, 0.6) is 0 Å². The molecule has 1 atom stereocenters. The minimum Gasteiger partial charge on any atom is -0.323 e. The normalized spacial score (nSPS) is 18.6. The molecular formula is C18H30NOP. The maximum atomic E-state index is 13.3. The highest BCUT2D eigenvalue weighted by Crippen LogP contribution is 2.60. The Morgan fingerprint density at radius 2 is 1.67 bits per heavy atom. The summed E-state index contributed by atoms with van der Waals surface area (Å²) in [5.41, 5.74) is 1.53. The Morgan fingerprint density at radius 1 is 1.05 bits per heavy atom. The zero-order valence-corrected chi connectivity index (χ0v) is 14.5. The molecule has 3 heteroatoms. The topological polar surface area (TPSA) is 20.3 Å². The van der Waals surface area contributed by atoms with E-state index in [4.69, 9.17) is 0 Å². The minimum absolute atomic E-state index is 0.246. The van der Waals surface area contributed by atoms with Gasteiger partial charge in [0.2, 0.25) is 0 Å². The second-order valence-corrected chi connectivity index (χ2v) is 10.00. The molecule has 1 fully saturated rings. The molecule has 21 heavy (non-hydrogen) atoms. The van der Waals surface area contributed by atoms with Crippen molar-refractivity contribution < 1.29 is 4.57 Å². The van der Waals surface area contributed by atoms with Crippen LogP contribution in [0.3, 0.4) is 0 Å². The average Bonchev–Trinajstić information content (AvgIpc) is 2.56. The Hall–Kier alpha value is -0.590. The van der Waals surface area contributed by atoms with Crippen LogP contribution in [0.15, 0.2) is 30.3 Å². The number of hydrogen-bond acceptors (Lipinski definition) is 2. The van der Waals surface area contributed by atoms with E-state index < -0.39 is 7.14 Å². The molecule has 1 aromatic rings. The highest BCUT2D eigenvalue weighted by molar-refractivity contribution is 7.64. The molecule has 1 heterocycles. The molecule has 0 spiro atoms. The van der Waals surface area contributed by atoms with Gasteiger partial charge in [0.25, 0.3) is 0 Å². The fraction of sp³-hybridized carbons (Fsp3) is 0.667. The first-order valence-electron chi connectivity index (χ1n) is 8.54. The summed E-state index contributed by atoms with van der Waals surface area (Å²) in [5.74, 6) is 0. The van der Waals surface area contributed by atoms with Crippen molar-refractivity contribution in [3.8, 4) is 0 Å². The quantitative estimate of drug-likeness (QED) is 0.660. The molecule has 1 unspecified atom stereocenters. The second-order valence-electron chi connectivity index (χ2n) is 6.20. The van der Waals surface area contributed by atoms with Crippen LogP contribution in [0.25, 0.3) is 0 Å². The summed E-state index contributed by atoms with van der Waals surface area (Å²) in [5, 5.41) is 0. The molecule has 0 aromatic heterocycles. The lowest BCUT2D eigenvalue weighted by atomic mass is 10.1. The van der Waals surface area contributed by atoms with Gasteiger partial charge in [0, 0.05) is 5.66 Å².